The minimum atomic E-state index is -0.143. The molecule has 0 bridgehead atoms. The summed E-state index contributed by atoms with van der Waals surface area (Å²) in [6.07, 6.45) is 10.7. The molecule has 0 aromatic rings. The van der Waals surface area contributed by atoms with Gasteiger partial charge in [-0.25, -0.2) is 0 Å². The molecule has 5 saturated carbocycles. The molecule has 10 atom stereocenters. The summed E-state index contributed by atoms with van der Waals surface area (Å²) < 4.78 is 11.8. The monoisotopic (exact) mass is 512 g/mol. The van der Waals surface area contributed by atoms with Crippen LogP contribution < -0.4 is 0 Å². The van der Waals surface area contributed by atoms with Crippen LogP contribution in [0.15, 0.2) is 12.2 Å². The molecule has 5 aliphatic rings. The van der Waals surface area contributed by atoms with Crippen LogP contribution in [0.25, 0.3) is 0 Å². The number of carbonyl (C=O) groups is 2. The number of esters is 2. The van der Waals surface area contributed by atoms with Crippen molar-refractivity contribution in [2.45, 2.75) is 119 Å². The molecular weight excluding hydrogens is 460 g/mol. The fraction of sp³-hybridized carbons (Fsp3) is 0.879. The van der Waals surface area contributed by atoms with Crippen LogP contribution in [0.3, 0.4) is 0 Å². The van der Waals surface area contributed by atoms with Crippen molar-refractivity contribution < 1.29 is 19.1 Å². The molecule has 5 rings (SSSR count). The summed E-state index contributed by atoms with van der Waals surface area (Å²) >= 11 is 0. The first-order valence-corrected chi connectivity index (χ1v) is 15.1. The van der Waals surface area contributed by atoms with Crippen LogP contribution in [0, 0.1) is 56.7 Å². The van der Waals surface area contributed by atoms with Crippen LogP contribution in [0.1, 0.15) is 113 Å². The first-order chi connectivity index (χ1) is 17.1. The van der Waals surface area contributed by atoms with E-state index in [0.717, 1.165) is 19.3 Å². The van der Waals surface area contributed by atoms with E-state index in [2.05, 4.69) is 48.1 Å². The molecule has 0 amide bonds. The summed E-state index contributed by atoms with van der Waals surface area (Å²) in [5, 5.41) is 0. The van der Waals surface area contributed by atoms with Gasteiger partial charge in [-0.15, -0.1) is 0 Å². The van der Waals surface area contributed by atoms with E-state index in [0.29, 0.717) is 36.2 Å². The molecular formula is C33H52O4. The Kier molecular flexibility index (Phi) is 6.33. The number of ether oxygens (including phenoxy) is 2. The highest BCUT2D eigenvalue weighted by Crippen LogP contribution is 2.80. The molecule has 5 fully saturated rings. The fourth-order valence-electron chi connectivity index (χ4n) is 12.1. The quantitative estimate of drug-likeness (QED) is 0.285. The largest absolute Gasteiger partial charge is 0.465 e. The molecule has 0 aliphatic heterocycles. The van der Waals surface area contributed by atoms with Gasteiger partial charge in [-0.2, -0.15) is 0 Å². The summed E-state index contributed by atoms with van der Waals surface area (Å²) in [6.45, 7) is 23.0. The molecule has 0 heterocycles. The summed E-state index contributed by atoms with van der Waals surface area (Å²) in [5.41, 5.74) is 2.17. The Labute approximate surface area is 225 Å². The van der Waals surface area contributed by atoms with Gasteiger partial charge in [0.05, 0.1) is 6.61 Å². The summed E-state index contributed by atoms with van der Waals surface area (Å²) in [7, 11) is 0. The lowest BCUT2D eigenvalue weighted by molar-refractivity contribution is -0.227. The molecule has 0 spiro atoms. The highest BCUT2D eigenvalue weighted by molar-refractivity contribution is 5.66. The molecule has 5 aliphatic carbocycles. The van der Waals surface area contributed by atoms with Gasteiger partial charge in [-0.1, -0.05) is 46.8 Å². The zero-order valence-corrected chi connectivity index (χ0v) is 24.9. The second-order valence-electron chi connectivity index (χ2n) is 15.5. The first-order valence-electron chi connectivity index (χ1n) is 15.1. The number of allylic oxidation sites excluding steroid dienone is 1. The van der Waals surface area contributed by atoms with Gasteiger partial charge in [0.1, 0.15) is 6.10 Å². The molecule has 1 unspecified atom stereocenters. The van der Waals surface area contributed by atoms with Crippen LogP contribution in [-0.4, -0.2) is 24.6 Å². The maximum absolute atomic E-state index is 12.0. The van der Waals surface area contributed by atoms with Crippen molar-refractivity contribution in [2.75, 3.05) is 6.61 Å². The van der Waals surface area contributed by atoms with Crippen LogP contribution in [0.4, 0.5) is 0 Å². The smallest absolute Gasteiger partial charge is 0.302 e. The van der Waals surface area contributed by atoms with Gasteiger partial charge in [0.25, 0.3) is 0 Å². The number of carbonyl (C=O) groups excluding carboxylic acids is 2. The van der Waals surface area contributed by atoms with E-state index in [9.17, 15) is 9.59 Å². The lowest BCUT2D eigenvalue weighted by Gasteiger charge is -2.70. The van der Waals surface area contributed by atoms with E-state index in [4.69, 9.17) is 9.47 Å². The Morgan fingerprint density at radius 2 is 1.51 bits per heavy atom. The zero-order chi connectivity index (χ0) is 27.2. The lowest BCUT2D eigenvalue weighted by atomic mass is 9.35. The van der Waals surface area contributed by atoms with Crippen molar-refractivity contribution in [3.8, 4) is 0 Å². The predicted molar refractivity (Wildman–Crippen MR) is 147 cm³/mol. The van der Waals surface area contributed by atoms with Gasteiger partial charge >= 0.3 is 11.9 Å². The minimum Gasteiger partial charge on any atom is -0.465 e. The van der Waals surface area contributed by atoms with Gasteiger partial charge in [-0.05, 0) is 111 Å². The van der Waals surface area contributed by atoms with Crippen molar-refractivity contribution >= 4 is 11.9 Å². The third-order valence-corrected chi connectivity index (χ3v) is 13.6. The van der Waals surface area contributed by atoms with Crippen molar-refractivity contribution in [3.63, 3.8) is 0 Å². The van der Waals surface area contributed by atoms with Gasteiger partial charge in [0.2, 0.25) is 0 Å². The average molecular weight is 513 g/mol. The fourth-order valence-corrected chi connectivity index (χ4v) is 12.1. The molecule has 4 heteroatoms. The maximum Gasteiger partial charge on any atom is 0.302 e. The van der Waals surface area contributed by atoms with E-state index in [1.807, 2.05) is 0 Å². The SMILES string of the molecule is C=C(C)[C@@H]1CC[C@]2(COC(C)=O)C[C@]3(C)[C@H](CC[C@@H]4[C@@]5(C)CC[C@H](OC(C)=O)C(C)(C)C5CC[C@]43C)[C@@H]12. The van der Waals surface area contributed by atoms with Crippen molar-refractivity contribution in [2.24, 2.45) is 56.7 Å². The van der Waals surface area contributed by atoms with Gasteiger partial charge < -0.3 is 9.47 Å². The Balaban J connectivity index is 1.51. The summed E-state index contributed by atoms with van der Waals surface area (Å²) in [5.74, 6) is 2.75. The molecule has 0 aromatic carbocycles. The van der Waals surface area contributed by atoms with Crippen molar-refractivity contribution in [1.29, 1.82) is 0 Å². The zero-order valence-electron chi connectivity index (χ0n) is 24.9. The molecule has 4 nitrogen and oxygen atoms in total. The van der Waals surface area contributed by atoms with E-state index in [1.165, 1.54) is 44.1 Å². The molecule has 208 valence electrons. The lowest BCUT2D eigenvalue weighted by Crippen LogP contribution is -2.64. The minimum absolute atomic E-state index is 0.00840. The van der Waals surface area contributed by atoms with E-state index < -0.39 is 0 Å². The highest BCUT2D eigenvalue weighted by Gasteiger charge is 2.74. The van der Waals surface area contributed by atoms with Gasteiger partial charge in [-0.3, -0.25) is 9.59 Å². The first kappa shape index (κ1) is 27.3. The van der Waals surface area contributed by atoms with E-state index in [-0.39, 0.29) is 45.1 Å². The van der Waals surface area contributed by atoms with Crippen LogP contribution in [0.5, 0.6) is 0 Å². The predicted octanol–water partition coefficient (Wildman–Crippen LogP) is 7.75. The summed E-state index contributed by atoms with van der Waals surface area (Å²) in [6, 6.07) is 0. The number of hydrogen-bond donors (Lipinski definition) is 0. The third kappa shape index (κ3) is 3.65. The Hall–Kier alpha value is -1.32. The standard InChI is InChI=1S/C33H52O4/c1-20(2)23-12-17-33(19-36-21(3)34)18-32(9)24(28(23)33)10-11-26-30(7)15-14-27(37-22(4)35)29(5,6)25(30)13-16-31(26,32)8/h23-28H,1,10-19H2,2-9H3/t23-,24+,25?,26+,27-,28+,30-,31+,32+,33+/m0/s1. The second kappa shape index (κ2) is 8.59. The van der Waals surface area contributed by atoms with E-state index >= 15 is 0 Å². The number of rotatable bonds is 4. The van der Waals surface area contributed by atoms with Crippen molar-refractivity contribution in [3.05, 3.63) is 12.2 Å². The van der Waals surface area contributed by atoms with Crippen molar-refractivity contribution in [1.82, 2.24) is 0 Å². The topological polar surface area (TPSA) is 52.6 Å². The molecule has 37 heavy (non-hydrogen) atoms. The molecule has 0 radical (unpaired) electrons. The third-order valence-electron chi connectivity index (χ3n) is 13.6. The van der Waals surface area contributed by atoms with Crippen LogP contribution >= 0.6 is 0 Å². The maximum atomic E-state index is 12.0. The normalized spacial score (nSPS) is 49.7. The van der Waals surface area contributed by atoms with Gasteiger partial charge in [0.15, 0.2) is 0 Å². The van der Waals surface area contributed by atoms with E-state index in [1.54, 1.807) is 13.8 Å². The molecule has 0 aromatic heterocycles. The summed E-state index contributed by atoms with van der Waals surface area (Å²) in [4.78, 5) is 23.9. The Morgan fingerprint density at radius 3 is 2.14 bits per heavy atom. The average Bonchev–Trinajstić information content (AvgIpc) is 3.26. The Morgan fingerprint density at radius 1 is 0.811 bits per heavy atom. The van der Waals surface area contributed by atoms with Gasteiger partial charge in [0, 0.05) is 24.7 Å². The Bertz CT molecular complexity index is 983. The molecule has 0 saturated heterocycles. The van der Waals surface area contributed by atoms with Crippen LogP contribution in [-0.2, 0) is 19.1 Å². The second-order valence-corrected chi connectivity index (χ2v) is 15.5. The molecule has 0 N–H and O–H groups in total. The number of hydrogen-bond acceptors (Lipinski definition) is 4. The highest BCUT2D eigenvalue weighted by atomic mass is 16.5. The van der Waals surface area contributed by atoms with Crippen LogP contribution in [0.2, 0.25) is 0 Å². The number of fused-ring (bicyclic) bond motifs is 7.